The van der Waals surface area contributed by atoms with Crippen LogP contribution in [0, 0.1) is 6.92 Å². The van der Waals surface area contributed by atoms with Crippen LogP contribution in [-0.4, -0.2) is 30.6 Å². The van der Waals surface area contributed by atoms with Gasteiger partial charge >= 0.3 is 0 Å². The van der Waals surface area contributed by atoms with Crippen molar-refractivity contribution in [1.82, 2.24) is 30.0 Å². The molecule has 2 aromatic carbocycles. The second-order valence-corrected chi connectivity index (χ2v) is 7.44. The molecule has 0 aliphatic heterocycles. The summed E-state index contributed by atoms with van der Waals surface area (Å²) in [7, 11) is 0. The van der Waals surface area contributed by atoms with E-state index in [1.54, 1.807) is 29.4 Å². The molecule has 33 heavy (non-hydrogen) atoms. The first-order valence-electron chi connectivity index (χ1n) is 10.4. The normalized spacial score (nSPS) is 10.8. The molecule has 0 unspecified atom stereocenters. The van der Waals surface area contributed by atoms with Crippen LogP contribution in [0.5, 0.6) is 0 Å². The summed E-state index contributed by atoms with van der Waals surface area (Å²) < 4.78 is 7.18. The Labute approximate surface area is 190 Å². The van der Waals surface area contributed by atoms with E-state index in [1.165, 1.54) is 0 Å². The molecule has 0 aliphatic carbocycles. The number of nitrogens with one attached hydrogen (secondary N) is 1. The molecule has 5 rings (SSSR count). The predicted molar refractivity (Wildman–Crippen MR) is 122 cm³/mol. The molecule has 0 atom stereocenters. The molecule has 8 heteroatoms. The fourth-order valence-corrected chi connectivity index (χ4v) is 3.44. The molecule has 0 radical (unpaired) electrons. The van der Waals surface area contributed by atoms with Gasteiger partial charge in [-0.15, -0.1) is 0 Å². The van der Waals surface area contributed by atoms with Crippen molar-refractivity contribution in [2.75, 3.05) is 0 Å². The van der Waals surface area contributed by atoms with E-state index in [9.17, 15) is 4.79 Å². The number of hydrogen-bond acceptors (Lipinski definition) is 6. The van der Waals surface area contributed by atoms with Crippen LogP contribution in [-0.2, 0) is 6.54 Å². The molecule has 0 aliphatic rings. The molecule has 0 saturated carbocycles. The first-order valence-corrected chi connectivity index (χ1v) is 10.4. The molecule has 8 nitrogen and oxygen atoms in total. The molecule has 0 spiro atoms. The topological polar surface area (TPSA) is 98.7 Å². The van der Waals surface area contributed by atoms with E-state index < -0.39 is 0 Å². The number of benzene rings is 2. The maximum atomic E-state index is 12.6. The number of rotatable bonds is 6. The average Bonchev–Trinajstić information content (AvgIpc) is 3.54. The Morgan fingerprint density at radius 2 is 1.82 bits per heavy atom. The van der Waals surface area contributed by atoms with Crippen molar-refractivity contribution in [2.24, 2.45) is 0 Å². The quantitative estimate of drug-likeness (QED) is 0.428. The SMILES string of the molecule is Cc1ccccc1CNC(=O)c1cn(-c2ncccc2-c2nc(-c3ccccc3)no2)cn1. The Hall–Kier alpha value is -4.59. The monoisotopic (exact) mass is 436 g/mol. The van der Waals surface area contributed by atoms with Gasteiger partial charge in [-0.1, -0.05) is 59.8 Å². The minimum absolute atomic E-state index is 0.265. The molecule has 5 aromatic rings. The number of amides is 1. The maximum Gasteiger partial charge on any atom is 0.271 e. The van der Waals surface area contributed by atoms with E-state index in [4.69, 9.17) is 4.52 Å². The molecular weight excluding hydrogens is 416 g/mol. The van der Waals surface area contributed by atoms with Crippen LogP contribution >= 0.6 is 0 Å². The van der Waals surface area contributed by atoms with Gasteiger partial charge < -0.3 is 9.84 Å². The third kappa shape index (κ3) is 4.27. The smallest absolute Gasteiger partial charge is 0.271 e. The van der Waals surface area contributed by atoms with Crippen LogP contribution in [0.15, 0.2) is 90.0 Å². The summed E-state index contributed by atoms with van der Waals surface area (Å²) >= 11 is 0. The van der Waals surface area contributed by atoms with Crippen molar-refractivity contribution in [3.63, 3.8) is 0 Å². The highest BCUT2D eigenvalue weighted by atomic mass is 16.5. The van der Waals surface area contributed by atoms with Gasteiger partial charge in [-0.05, 0) is 30.2 Å². The Morgan fingerprint density at radius 1 is 1.00 bits per heavy atom. The number of nitrogens with zero attached hydrogens (tertiary/aromatic N) is 5. The molecular formula is C25H20N6O2. The fourth-order valence-electron chi connectivity index (χ4n) is 3.44. The van der Waals surface area contributed by atoms with Crippen molar-refractivity contribution in [1.29, 1.82) is 0 Å². The molecule has 3 aromatic heterocycles. The van der Waals surface area contributed by atoms with E-state index in [2.05, 4.69) is 25.4 Å². The molecule has 1 N–H and O–H groups in total. The summed E-state index contributed by atoms with van der Waals surface area (Å²) in [4.78, 5) is 25.9. The minimum atomic E-state index is -0.265. The summed E-state index contributed by atoms with van der Waals surface area (Å²) in [6.07, 6.45) is 4.84. The van der Waals surface area contributed by atoms with Crippen molar-refractivity contribution in [3.05, 3.63) is 102 Å². The number of carbonyl (C=O) groups excluding carboxylic acids is 1. The van der Waals surface area contributed by atoms with Gasteiger partial charge in [0.15, 0.2) is 5.82 Å². The fraction of sp³-hybridized carbons (Fsp3) is 0.0800. The van der Waals surface area contributed by atoms with Crippen LogP contribution in [0.1, 0.15) is 21.6 Å². The summed E-state index contributed by atoms with van der Waals surface area (Å²) in [5, 5.41) is 7.00. The predicted octanol–water partition coefficient (Wildman–Crippen LogP) is 4.22. The molecule has 0 fully saturated rings. The molecule has 0 bridgehead atoms. The number of pyridine rings is 1. The highest BCUT2D eigenvalue weighted by Crippen LogP contribution is 2.26. The number of hydrogen-bond donors (Lipinski definition) is 1. The van der Waals surface area contributed by atoms with E-state index in [1.807, 2.05) is 67.6 Å². The highest BCUT2D eigenvalue weighted by Gasteiger charge is 2.18. The van der Waals surface area contributed by atoms with Gasteiger partial charge in [0.2, 0.25) is 5.82 Å². The van der Waals surface area contributed by atoms with Crippen molar-refractivity contribution in [3.8, 4) is 28.7 Å². The summed E-state index contributed by atoms with van der Waals surface area (Å²) in [5.74, 6) is 1.09. The standard InChI is InChI=1S/C25H20N6O2/c1-17-8-5-6-11-19(17)14-27-24(32)21-15-31(16-28-21)23-20(12-7-13-26-23)25-29-22(30-33-25)18-9-3-2-4-10-18/h2-13,15-16H,14H2,1H3,(H,27,32). The zero-order valence-corrected chi connectivity index (χ0v) is 17.8. The summed E-state index contributed by atoms with van der Waals surface area (Å²) in [6, 6.07) is 21.1. The number of carbonyl (C=O) groups is 1. The maximum absolute atomic E-state index is 12.6. The summed E-state index contributed by atoms with van der Waals surface area (Å²) in [6.45, 7) is 2.44. The Kier molecular flexibility index (Phi) is 5.47. The number of imidazole rings is 1. The summed E-state index contributed by atoms with van der Waals surface area (Å²) in [5.41, 5.74) is 3.96. The molecule has 0 saturated heterocycles. The molecule has 1 amide bonds. The number of aryl methyl sites for hydroxylation is 1. The lowest BCUT2D eigenvalue weighted by Gasteiger charge is -2.06. The first kappa shape index (κ1) is 20.3. The Morgan fingerprint density at radius 3 is 2.67 bits per heavy atom. The Balaban J connectivity index is 1.38. The van der Waals surface area contributed by atoms with Crippen LogP contribution < -0.4 is 5.32 Å². The first-order chi connectivity index (χ1) is 16.2. The third-order valence-electron chi connectivity index (χ3n) is 5.24. The highest BCUT2D eigenvalue weighted by molar-refractivity contribution is 5.92. The largest absolute Gasteiger partial charge is 0.347 e. The van der Waals surface area contributed by atoms with Gasteiger partial charge in [0.1, 0.15) is 12.0 Å². The van der Waals surface area contributed by atoms with Crippen molar-refractivity contribution >= 4 is 5.91 Å². The lowest BCUT2D eigenvalue weighted by Crippen LogP contribution is -2.23. The van der Waals surface area contributed by atoms with Gasteiger partial charge in [-0.2, -0.15) is 4.98 Å². The number of aromatic nitrogens is 5. The molecule has 3 heterocycles. The van der Waals surface area contributed by atoms with Crippen LogP contribution in [0.25, 0.3) is 28.7 Å². The lowest BCUT2D eigenvalue weighted by molar-refractivity contribution is 0.0946. The van der Waals surface area contributed by atoms with Crippen LogP contribution in [0.3, 0.4) is 0 Å². The van der Waals surface area contributed by atoms with Gasteiger partial charge in [-0.25, -0.2) is 9.97 Å². The van der Waals surface area contributed by atoms with Gasteiger partial charge in [0, 0.05) is 24.5 Å². The minimum Gasteiger partial charge on any atom is -0.347 e. The average molecular weight is 436 g/mol. The van der Waals surface area contributed by atoms with E-state index in [0.29, 0.717) is 29.6 Å². The Bertz CT molecular complexity index is 1410. The van der Waals surface area contributed by atoms with Crippen LogP contribution in [0.4, 0.5) is 0 Å². The van der Waals surface area contributed by atoms with E-state index in [0.717, 1.165) is 16.7 Å². The van der Waals surface area contributed by atoms with Gasteiger partial charge in [0.05, 0.1) is 5.56 Å². The third-order valence-corrected chi connectivity index (χ3v) is 5.24. The zero-order chi connectivity index (χ0) is 22.6. The van der Waals surface area contributed by atoms with Crippen molar-refractivity contribution in [2.45, 2.75) is 13.5 Å². The zero-order valence-electron chi connectivity index (χ0n) is 17.8. The second kappa shape index (κ2) is 8.88. The van der Waals surface area contributed by atoms with Crippen LogP contribution in [0.2, 0.25) is 0 Å². The second-order valence-electron chi connectivity index (χ2n) is 7.44. The molecule has 162 valence electrons. The van der Waals surface area contributed by atoms with Gasteiger partial charge in [-0.3, -0.25) is 9.36 Å². The van der Waals surface area contributed by atoms with Gasteiger partial charge in [0.25, 0.3) is 11.8 Å². The van der Waals surface area contributed by atoms with Crippen molar-refractivity contribution < 1.29 is 9.32 Å². The van der Waals surface area contributed by atoms with E-state index in [-0.39, 0.29) is 11.6 Å². The lowest BCUT2D eigenvalue weighted by atomic mass is 10.1. The van der Waals surface area contributed by atoms with E-state index >= 15 is 0 Å².